The predicted octanol–water partition coefficient (Wildman–Crippen LogP) is 2.74. The molecule has 0 aliphatic carbocycles. The number of carboxylic acids is 1. The number of carboxylic acid groups (broad SMARTS) is 1. The Labute approximate surface area is 218 Å². The molecule has 3 rings (SSSR count). The Balaban J connectivity index is 1.95. The van der Waals surface area contributed by atoms with Gasteiger partial charge in [0.15, 0.2) is 0 Å². The Morgan fingerprint density at radius 3 is 2.68 bits per heavy atom. The van der Waals surface area contributed by atoms with Gasteiger partial charge in [-0.3, -0.25) is 4.79 Å². The fourth-order valence-electron chi connectivity index (χ4n) is 4.03. The van der Waals surface area contributed by atoms with Crippen LogP contribution >= 0.6 is 0 Å². The summed E-state index contributed by atoms with van der Waals surface area (Å²) < 4.78 is 39.9. The molecule has 2 aromatic carbocycles. The molecule has 2 aromatic rings. The third-order valence-corrected chi connectivity index (χ3v) is 8.29. The second kappa shape index (κ2) is 11.5. The Morgan fingerprint density at radius 1 is 1.30 bits per heavy atom. The first-order valence-electron chi connectivity index (χ1n) is 12.0. The maximum Gasteiger partial charge on any atom is 0.312 e. The molecule has 0 bridgehead atoms. The molecular formula is C26H36N4O6S. The molecule has 0 spiro atoms. The van der Waals surface area contributed by atoms with E-state index in [0.29, 0.717) is 23.6 Å². The molecule has 202 valence electrons. The van der Waals surface area contributed by atoms with E-state index < -0.39 is 27.5 Å². The number of hydrazine groups is 1. The average Bonchev–Trinajstić information content (AvgIpc) is 2.96. The van der Waals surface area contributed by atoms with Crippen LogP contribution in [0.15, 0.2) is 59.3 Å². The number of carbonyl (C=O) groups is 1. The average molecular weight is 533 g/mol. The van der Waals surface area contributed by atoms with Crippen LogP contribution in [-0.4, -0.2) is 55.1 Å². The van der Waals surface area contributed by atoms with Crippen molar-refractivity contribution in [3.8, 4) is 5.75 Å². The Hall–Kier alpha value is -3.12. The molecule has 1 heterocycles. The van der Waals surface area contributed by atoms with Crippen LogP contribution in [0.5, 0.6) is 5.75 Å². The van der Waals surface area contributed by atoms with Gasteiger partial charge in [0.1, 0.15) is 17.3 Å². The molecular weight excluding hydrogens is 496 g/mol. The molecule has 11 heteroatoms. The van der Waals surface area contributed by atoms with Crippen LogP contribution in [0.4, 0.5) is 0 Å². The first-order valence-corrected chi connectivity index (χ1v) is 13.5. The summed E-state index contributed by atoms with van der Waals surface area (Å²) in [7, 11) is -3.80. The first kappa shape index (κ1) is 28.5. The first-order chi connectivity index (χ1) is 17.4. The molecule has 1 atom stereocenters. The van der Waals surface area contributed by atoms with Crippen molar-refractivity contribution in [3.05, 3.63) is 71.1 Å². The van der Waals surface area contributed by atoms with Gasteiger partial charge in [-0.1, -0.05) is 30.3 Å². The van der Waals surface area contributed by atoms with E-state index in [1.807, 2.05) is 19.9 Å². The molecule has 10 nitrogen and oxygen atoms in total. The van der Waals surface area contributed by atoms with Gasteiger partial charge in [-0.25, -0.2) is 14.3 Å². The molecule has 0 radical (unpaired) electrons. The van der Waals surface area contributed by atoms with Crippen LogP contribution in [0, 0.1) is 12.3 Å². The normalized spacial score (nSPS) is 16.8. The lowest BCUT2D eigenvalue weighted by molar-refractivity contribution is -0.156. The summed E-state index contributed by atoms with van der Waals surface area (Å²) in [6, 6.07) is 12.0. The summed E-state index contributed by atoms with van der Waals surface area (Å²) in [6.07, 6.45) is 0.670. The number of nitrogens with zero attached hydrogens (tertiary/aromatic N) is 2. The van der Waals surface area contributed by atoms with Gasteiger partial charge in [0.2, 0.25) is 10.0 Å². The second-order valence-electron chi connectivity index (χ2n) is 9.57. The number of hydrogen-bond donors (Lipinski definition) is 3. The molecule has 1 aliphatic heterocycles. The zero-order valence-corrected chi connectivity index (χ0v) is 22.5. The van der Waals surface area contributed by atoms with E-state index in [4.69, 9.17) is 21.1 Å². The van der Waals surface area contributed by atoms with Crippen molar-refractivity contribution < 1.29 is 27.8 Å². The second-order valence-corrected chi connectivity index (χ2v) is 11.5. The maximum atomic E-state index is 13.4. The summed E-state index contributed by atoms with van der Waals surface area (Å²) in [5.41, 5.74) is 7.28. The van der Waals surface area contributed by atoms with E-state index in [1.54, 1.807) is 44.2 Å². The SMILES string of the molecule is CCN(N)/C=C(\N)COC(c1ccc(C)c(CN2CCOc3ccccc3S2(=O)=O)c1)C(C)(C)C(=O)O. The summed E-state index contributed by atoms with van der Waals surface area (Å²) in [4.78, 5) is 12.3. The summed E-state index contributed by atoms with van der Waals surface area (Å²) >= 11 is 0. The molecule has 1 unspecified atom stereocenters. The van der Waals surface area contributed by atoms with E-state index in [-0.39, 0.29) is 31.2 Å². The molecule has 0 amide bonds. The highest BCUT2D eigenvalue weighted by Crippen LogP contribution is 2.38. The van der Waals surface area contributed by atoms with Gasteiger partial charge >= 0.3 is 5.97 Å². The van der Waals surface area contributed by atoms with Crippen LogP contribution in [0.25, 0.3) is 0 Å². The van der Waals surface area contributed by atoms with Crippen LogP contribution in [0.2, 0.25) is 0 Å². The Morgan fingerprint density at radius 2 is 2.00 bits per heavy atom. The van der Waals surface area contributed by atoms with Crippen molar-refractivity contribution in [1.29, 1.82) is 0 Å². The number of sulfonamides is 1. The number of aryl methyl sites for hydroxylation is 1. The maximum absolute atomic E-state index is 13.4. The minimum absolute atomic E-state index is 0.0348. The molecule has 5 N–H and O–H groups in total. The quantitative estimate of drug-likeness (QED) is 0.310. The van der Waals surface area contributed by atoms with Gasteiger partial charge in [0.25, 0.3) is 0 Å². The van der Waals surface area contributed by atoms with Crippen molar-refractivity contribution in [1.82, 2.24) is 9.31 Å². The highest BCUT2D eigenvalue weighted by Gasteiger charge is 2.39. The third kappa shape index (κ3) is 6.42. The lowest BCUT2D eigenvalue weighted by Crippen LogP contribution is -2.35. The Bertz CT molecular complexity index is 1260. The number of para-hydroxylation sites is 1. The van der Waals surface area contributed by atoms with Crippen LogP contribution in [0.1, 0.15) is 43.6 Å². The molecule has 37 heavy (non-hydrogen) atoms. The lowest BCUT2D eigenvalue weighted by atomic mass is 9.81. The lowest BCUT2D eigenvalue weighted by Gasteiger charge is -2.32. The monoisotopic (exact) mass is 532 g/mol. The van der Waals surface area contributed by atoms with E-state index in [2.05, 4.69) is 0 Å². The molecule has 0 aromatic heterocycles. The van der Waals surface area contributed by atoms with E-state index in [9.17, 15) is 18.3 Å². The van der Waals surface area contributed by atoms with Crippen LogP contribution < -0.4 is 16.3 Å². The summed E-state index contributed by atoms with van der Waals surface area (Å²) in [6.45, 7) is 7.90. The van der Waals surface area contributed by atoms with Gasteiger partial charge in [-0.15, -0.1) is 0 Å². The zero-order chi connectivity index (χ0) is 27.4. The molecule has 0 saturated heterocycles. The number of rotatable bonds is 10. The largest absolute Gasteiger partial charge is 0.491 e. The Kier molecular flexibility index (Phi) is 8.85. The zero-order valence-electron chi connectivity index (χ0n) is 21.7. The van der Waals surface area contributed by atoms with E-state index in [1.165, 1.54) is 21.6 Å². The van der Waals surface area contributed by atoms with Crippen LogP contribution in [0.3, 0.4) is 0 Å². The minimum atomic E-state index is -3.80. The van der Waals surface area contributed by atoms with Crippen molar-refractivity contribution in [3.63, 3.8) is 0 Å². The fraction of sp³-hybridized carbons (Fsp3) is 0.423. The molecule has 0 fully saturated rings. The van der Waals surface area contributed by atoms with Gasteiger partial charge in [-0.2, -0.15) is 4.31 Å². The van der Waals surface area contributed by atoms with Crippen molar-refractivity contribution in [2.75, 3.05) is 26.3 Å². The smallest absolute Gasteiger partial charge is 0.312 e. The van der Waals surface area contributed by atoms with Gasteiger partial charge in [-0.05, 0) is 56.5 Å². The van der Waals surface area contributed by atoms with E-state index >= 15 is 0 Å². The standard InChI is InChI=1S/C26H36N4O6S/c1-5-29(28)16-21(27)17-36-24(26(3,4)25(31)32)19-11-10-18(2)20(14-19)15-30-12-13-35-22-8-6-7-9-23(22)37(30,33)34/h6-11,14,16,24H,5,12-13,15,17,27-28H2,1-4H3,(H,31,32)/b21-16-. The highest BCUT2D eigenvalue weighted by molar-refractivity contribution is 7.89. The van der Waals surface area contributed by atoms with Gasteiger partial charge in [0, 0.05) is 25.8 Å². The number of aliphatic carboxylic acids is 1. The summed E-state index contributed by atoms with van der Waals surface area (Å²) in [5.74, 6) is 5.07. The number of benzene rings is 2. The van der Waals surface area contributed by atoms with E-state index in [0.717, 1.165) is 11.1 Å². The van der Waals surface area contributed by atoms with Crippen LogP contribution in [-0.2, 0) is 26.1 Å². The predicted molar refractivity (Wildman–Crippen MR) is 140 cm³/mol. The number of ether oxygens (including phenoxy) is 2. The van der Waals surface area contributed by atoms with Crippen molar-refractivity contribution in [2.45, 2.75) is 45.2 Å². The summed E-state index contributed by atoms with van der Waals surface area (Å²) in [5, 5.41) is 11.4. The van der Waals surface area contributed by atoms with Gasteiger partial charge in [0.05, 0.1) is 23.8 Å². The van der Waals surface area contributed by atoms with Crippen molar-refractivity contribution in [2.24, 2.45) is 17.0 Å². The fourth-order valence-corrected chi connectivity index (χ4v) is 5.57. The number of fused-ring (bicyclic) bond motifs is 1. The number of hydrogen-bond acceptors (Lipinski definition) is 8. The topological polar surface area (TPSA) is 148 Å². The molecule has 0 saturated carbocycles. The number of nitrogens with two attached hydrogens (primary N) is 2. The molecule has 1 aliphatic rings. The van der Waals surface area contributed by atoms with Crippen molar-refractivity contribution >= 4 is 16.0 Å². The minimum Gasteiger partial charge on any atom is -0.491 e. The highest BCUT2D eigenvalue weighted by atomic mass is 32.2. The van der Waals surface area contributed by atoms with Gasteiger partial charge < -0.3 is 25.3 Å². The third-order valence-electron chi connectivity index (χ3n) is 6.41.